The van der Waals surface area contributed by atoms with E-state index in [1.165, 1.54) is 10.9 Å². The monoisotopic (exact) mass is 378 g/mol. The number of nitrogens with one attached hydrogen (secondary N) is 1. The highest BCUT2D eigenvalue weighted by Gasteiger charge is 2.16. The van der Waals surface area contributed by atoms with E-state index in [0.29, 0.717) is 23.1 Å². The van der Waals surface area contributed by atoms with Crippen LogP contribution in [0, 0.1) is 0 Å². The van der Waals surface area contributed by atoms with Gasteiger partial charge in [0.1, 0.15) is 5.75 Å². The van der Waals surface area contributed by atoms with Gasteiger partial charge in [-0.3, -0.25) is 9.59 Å². The van der Waals surface area contributed by atoms with Crippen molar-refractivity contribution in [3.8, 4) is 5.75 Å². The summed E-state index contributed by atoms with van der Waals surface area (Å²) in [7, 11) is 1.59. The summed E-state index contributed by atoms with van der Waals surface area (Å²) in [6.45, 7) is 2.50. The molecule has 0 atom stereocenters. The maximum absolute atomic E-state index is 12.7. The van der Waals surface area contributed by atoms with Gasteiger partial charge < -0.3 is 4.74 Å². The molecule has 28 heavy (non-hydrogen) atoms. The summed E-state index contributed by atoms with van der Waals surface area (Å²) in [5.41, 5.74) is 3.26. The zero-order valence-electron chi connectivity index (χ0n) is 15.9. The first-order valence-electron chi connectivity index (χ1n) is 9.11. The lowest BCUT2D eigenvalue weighted by Gasteiger charge is -2.09. The van der Waals surface area contributed by atoms with Crippen LogP contribution in [-0.4, -0.2) is 29.0 Å². The van der Waals surface area contributed by atoms with Crippen LogP contribution in [0.25, 0.3) is 10.8 Å². The van der Waals surface area contributed by atoms with E-state index >= 15 is 0 Å². The van der Waals surface area contributed by atoms with Crippen molar-refractivity contribution >= 4 is 22.9 Å². The van der Waals surface area contributed by atoms with Gasteiger partial charge in [0.05, 0.1) is 18.7 Å². The van der Waals surface area contributed by atoms with Crippen molar-refractivity contribution in [1.82, 2.24) is 15.2 Å². The SMILES string of the molecule is CCCCn1nc(C(=O)N/N=C\c2cccc(OC)c2)c2ccccc2c1=O. The molecule has 0 radical (unpaired) electrons. The molecular weight excluding hydrogens is 356 g/mol. The Hall–Kier alpha value is -3.48. The summed E-state index contributed by atoms with van der Waals surface area (Å²) in [6.07, 6.45) is 3.25. The minimum Gasteiger partial charge on any atom is -0.497 e. The molecule has 0 aliphatic heterocycles. The Morgan fingerprint density at radius 1 is 1.21 bits per heavy atom. The second-order valence-corrected chi connectivity index (χ2v) is 6.25. The van der Waals surface area contributed by atoms with Crippen LogP contribution in [0.5, 0.6) is 5.75 Å². The molecule has 0 aliphatic rings. The second-order valence-electron chi connectivity index (χ2n) is 6.25. The van der Waals surface area contributed by atoms with E-state index in [4.69, 9.17) is 4.74 Å². The standard InChI is InChI=1S/C21H22N4O3/c1-3-4-12-25-21(27)18-11-6-5-10-17(18)19(24-25)20(26)23-22-14-15-8-7-9-16(13-15)28-2/h5-11,13-14H,3-4,12H2,1-2H3,(H,23,26)/b22-14-. The van der Waals surface area contributed by atoms with Gasteiger partial charge in [-0.2, -0.15) is 10.2 Å². The van der Waals surface area contributed by atoms with Gasteiger partial charge in [-0.15, -0.1) is 0 Å². The van der Waals surface area contributed by atoms with Gasteiger partial charge in [-0.25, -0.2) is 10.1 Å². The summed E-state index contributed by atoms with van der Waals surface area (Å²) >= 11 is 0. The van der Waals surface area contributed by atoms with Crippen molar-refractivity contribution < 1.29 is 9.53 Å². The van der Waals surface area contributed by atoms with Gasteiger partial charge in [0, 0.05) is 11.9 Å². The smallest absolute Gasteiger partial charge is 0.292 e. The quantitative estimate of drug-likeness (QED) is 0.506. The van der Waals surface area contributed by atoms with E-state index in [0.717, 1.165) is 18.4 Å². The van der Waals surface area contributed by atoms with Gasteiger partial charge in [0.2, 0.25) is 0 Å². The average Bonchev–Trinajstić information content (AvgIpc) is 2.73. The highest BCUT2D eigenvalue weighted by Crippen LogP contribution is 2.14. The molecule has 0 bridgehead atoms. The van der Waals surface area contributed by atoms with E-state index in [1.807, 2.05) is 25.1 Å². The Morgan fingerprint density at radius 2 is 2.00 bits per heavy atom. The Balaban J connectivity index is 1.89. The number of rotatable bonds is 7. The fraction of sp³-hybridized carbons (Fsp3) is 0.238. The van der Waals surface area contributed by atoms with Gasteiger partial charge >= 0.3 is 0 Å². The average molecular weight is 378 g/mol. The molecule has 0 spiro atoms. The van der Waals surface area contributed by atoms with Crippen molar-refractivity contribution in [2.45, 2.75) is 26.3 Å². The maximum Gasteiger partial charge on any atom is 0.292 e. The molecule has 0 unspecified atom stereocenters. The summed E-state index contributed by atoms with van der Waals surface area (Å²) in [5.74, 6) is 0.228. The number of nitrogens with zero attached hydrogens (tertiary/aromatic N) is 3. The van der Waals surface area contributed by atoms with Gasteiger partial charge in [0.15, 0.2) is 5.69 Å². The van der Waals surface area contributed by atoms with E-state index in [-0.39, 0.29) is 11.3 Å². The molecule has 1 amide bonds. The number of aryl methyl sites for hydroxylation is 1. The number of ether oxygens (including phenoxy) is 1. The normalized spacial score (nSPS) is 11.1. The molecule has 0 fully saturated rings. The Kier molecular flexibility index (Phi) is 6.16. The molecule has 0 saturated carbocycles. The number of aromatic nitrogens is 2. The van der Waals surface area contributed by atoms with Crippen LogP contribution in [0.4, 0.5) is 0 Å². The van der Waals surface area contributed by atoms with Gasteiger partial charge in [0.25, 0.3) is 11.5 Å². The molecule has 0 aliphatic carbocycles. The molecule has 2 aromatic carbocycles. The number of carbonyl (C=O) groups excluding carboxylic acids is 1. The molecule has 1 aromatic heterocycles. The van der Waals surface area contributed by atoms with Crippen LogP contribution >= 0.6 is 0 Å². The topological polar surface area (TPSA) is 85.6 Å². The number of hydrogen-bond donors (Lipinski definition) is 1. The number of unbranched alkanes of at least 4 members (excludes halogenated alkanes) is 1. The van der Waals surface area contributed by atoms with Crippen molar-refractivity contribution in [3.63, 3.8) is 0 Å². The lowest BCUT2D eigenvalue weighted by Crippen LogP contribution is -2.29. The molecule has 144 valence electrons. The molecule has 3 rings (SSSR count). The second kappa shape index (κ2) is 8.94. The van der Waals surface area contributed by atoms with Gasteiger partial charge in [-0.1, -0.05) is 43.7 Å². The van der Waals surface area contributed by atoms with E-state index < -0.39 is 5.91 Å². The molecule has 0 saturated heterocycles. The van der Waals surface area contributed by atoms with Crippen LogP contribution in [0.15, 0.2) is 58.4 Å². The first kappa shape index (κ1) is 19.3. The highest BCUT2D eigenvalue weighted by molar-refractivity contribution is 6.04. The number of amides is 1. The summed E-state index contributed by atoms with van der Waals surface area (Å²) in [6, 6.07) is 14.3. The molecular formula is C21H22N4O3. The highest BCUT2D eigenvalue weighted by atomic mass is 16.5. The minimum absolute atomic E-state index is 0.175. The van der Waals surface area contributed by atoms with Crippen molar-refractivity contribution in [2.75, 3.05) is 7.11 Å². The van der Waals surface area contributed by atoms with E-state index in [1.54, 1.807) is 37.4 Å². The molecule has 3 aromatic rings. The Bertz CT molecular complexity index is 1070. The number of hydrazone groups is 1. The fourth-order valence-electron chi connectivity index (χ4n) is 2.80. The van der Waals surface area contributed by atoms with Crippen LogP contribution in [0.1, 0.15) is 35.8 Å². The number of hydrogen-bond acceptors (Lipinski definition) is 5. The Morgan fingerprint density at radius 3 is 2.75 bits per heavy atom. The van der Waals surface area contributed by atoms with Crippen LogP contribution in [0.3, 0.4) is 0 Å². The third-order valence-corrected chi connectivity index (χ3v) is 4.28. The summed E-state index contributed by atoms with van der Waals surface area (Å²) in [4.78, 5) is 25.3. The number of benzene rings is 2. The van der Waals surface area contributed by atoms with E-state index in [9.17, 15) is 9.59 Å². The lowest BCUT2D eigenvalue weighted by molar-refractivity contribution is 0.0949. The third kappa shape index (κ3) is 4.25. The van der Waals surface area contributed by atoms with Crippen LogP contribution < -0.4 is 15.7 Å². The zero-order chi connectivity index (χ0) is 19.9. The third-order valence-electron chi connectivity index (χ3n) is 4.28. The minimum atomic E-state index is -0.472. The summed E-state index contributed by atoms with van der Waals surface area (Å²) < 4.78 is 6.52. The van der Waals surface area contributed by atoms with Crippen LogP contribution in [-0.2, 0) is 6.54 Å². The number of methoxy groups -OCH3 is 1. The lowest BCUT2D eigenvalue weighted by atomic mass is 10.1. The number of carbonyl (C=O) groups is 1. The van der Waals surface area contributed by atoms with Crippen molar-refractivity contribution in [3.05, 3.63) is 70.1 Å². The first-order valence-corrected chi connectivity index (χ1v) is 9.11. The van der Waals surface area contributed by atoms with Crippen LogP contribution in [0.2, 0.25) is 0 Å². The van der Waals surface area contributed by atoms with Gasteiger partial charge in [-0.05, 0) is 30.2 Å². The molecule has 1 N–H and O–H groups in total. The number of fused-ring (bicyclic) bond motifs is 1. The first-order chi connectivity index (χ1) is 13.6. The fourth-order valence-corrected chi connectivity index (χ4v) is 2.80. The van der Waals surface area contributed by atoms with Crippen molar-refractivity contribution in [1.29, 1.82) is 0 Å². The largest absolute Gasteiger partial charge is 0.497 e. The molecule has 1 heterocycles. The Labute approximate surface area is 162 Å². The zero-order valence-corrected chi connectivity index (χ0v) is 15.9. The summed E-state index contributed by atoms with van der Waals surface area (Å²) in [5, 5.41) is 9.27. The predicted molar refractivity (Wildman–Crippen MR) is 109 cm³/mol. The van der Waals surface area contributed by atoms with Crippen molar-refractivity contribution in [2.24, 2.45) is 5.10 Å². The molecule has 7 heteroatoms. The predicted octanol–water partition coefficient (Wildman–Crippen LogP) is 2.97. The van der Waals surface area contributed by atoms with E-state index in [2.05, 4.69) is 15.6 Å². The molecule has 7 nitrogen and oxygen atoms in total. The maximum atomic E-state index is 12.7.